The van der Waals surface area contributed by atoms with Crippen molar-refractivity contribution in [1.29, 1.82) is 5.26 Å². The van der Waals surface area contributed by atoms with E-state index in [-0.39, 0.29) is 0 Å². The quantitative estimate of drug-likeness (QED) is 0.770. The van der Waals surface area contributed by atoms with Crippen LogP contribution in [0.4, 0.5) is 11.5 Å². The Bertz CT molecular complexity index is 701. The molecular formula is C19H25N5. The van der Waals surface area contributed by atoms with Crippen LogP contribution < -0.4 is 10.6 Å². The second kappa shape index (κ2) is 8.88. The van der Waals surface area contributed by atoms with Crippen LogP contribution in [-0.2, 0) is 19.4 Å². The van der Waals surface area contributed by atoms with E-state index < -0.39 is 0 Å². The molecule has 2 rings (SSSR count). The lowest BCUT2D eigenvalue weighted by Crippen LogP contribution is -2.10. The number of aryl methyl sites for hydroxylation is 1. The van der Waals surface area contributed by atoms with Gasteiger partial charge in [-0.15, -0.1) is 5.10 Å². The molecule has 5 nitrogen and oxygen atoms in total. The van der Waals surface area contributed by atoms with Gasteiger partial charge in [0.15, 0.2) is 5.82 Å². The number of nitrogens with one attached hydrogen (secondary N) is 2. The third kappa shape index (κ3) is 4.23. The standard InChI is InChI=1S/C19H25N5/c1-4-11-21-15-9-7-14(8-10-15)13-22-19-17(12-20)16(5-2)18(6-3)23-24-19/h7-10,21H,4-6,11,13H2,1-3H3,(H,22,24). The number of nitrogens with zero attached hydrogens (tertiary/aromatic N) is 3. The number of aromatic nitrogens is 2. The van der Waals surface area contributed by atoms with E-state index in [1.54, 1.807) is 0 Å². The Balaban J connectivity index is 2.10. The smallest absolute Gasteiger partial charge is 0.167 e. The zero-order valence-electron chi connectivity index (χ0n) is 14.7. The Labute approximate surface area is 144 Å². The molecule has 24 heavy (non-hydrogen) atoms. The molecule has 1 heterocycles. The molecule has 0 spiro atoms. The van der Waals surface area contributed by atoms with Crippen LogP contribution in [0.3, 0.4) is 0 Å². The molecule has 0 saturated carbocycles. The average Bonchev–Trinajstić information content (AvgIpc) is 2.64. The molecule has 0 aliphatic carbocycles. The minimum atomic E-state index is 0.569. The number of benzene rings is 1. The Kier molecular flexibility index (Phi) is 6.56. The fraction of sp³-hybridized carbons (Fsp3) is 0.421. The van der Waals surface area contributed by atoms with E-state index in [9.17, 15) is 5.26 Å². The summed E-state index contributed by atoms with van der Waals surface area (Å²) in [7, 11) is 0. The van der Waals surface area contributed by atoms with Gasteiger partial charge in [-0.3, -0.25) is 0 Å². The van der Waals surface area contributed by atoms with Crippen molar-refractivity contribution in [2.24, 2.45) is 0 Å². The lowest BCUT2D eigenvalue weighted by Gasteiger charge is -2.12. The molecule has 1 aromatic carbocycles. The minimum absolute atomic E-state index is 0.569. The molecule has 0 fully saturated rings. The Hall–Kier alpha value is -2.61. The minimum Gasteiger partial charge on any atom is -0.385 e. The van der Waals surface area contributed by atoms with Crippen LogP contribution in [0.2, 0.25) is 0 Å². The summed E-state index contributed by atoms with van der Waals surface area (Å²) in [5.41, 5.74) is 4.78. The van der Waals surface area contributed by atoms with E-state index in [2.05, 4.69) is 58.1 Å². The maximum absolute atomic E-state index is 9.50. The fourth-order valence-electron chi connectivity index (χ4n) is 2.61. The predicted octanol–water partition coefficient (Wildman–Crippen LogP) is 3.91. The first-order valence-corrected chi connectivity index (χ1v) is 8.58. The van der Waals surface area contributed by atoms with Crippen LogP contribution in [-0.4, -0.2) is 16.7 Å². The van der Waals surface area contributed by atoms with Gasteiger partial charge in [-0.2, -0.15) is 10.4 Å². The van der Waals surface area contributed by atoms with Gasteiger partial charge in [-0.25, -0.2) is 0 Å². The highest BCUT2D eigenvalue weighted by molar-refractivity contribution is 5.56. The van der Waals surface area contributed by atoms with Gasteiger partial charge in [0.05, 0.1) is 5.69 Å². The zero-order valence-corrected chi connectivity index (χ0v) is 14.7. The Morgan fingerprint density at radius 1 is 1.00 bits per heavy atom. The molecule has 0 unspecified atom stereocenters. The third-order valence-electron chi connectivity index (χ3n) is 3.95. The van der Waals surface area contributed by atoms with Crippen LogP contribution in [0.25, 0.3) is 0 Å². The van der Waals surface area contributed by atoms with Crippen LogP contribution in [0.15, 0.2) is 24.3 Å². The van der Waals surface area contributed by atoms with Crippen molar-refractivity contribution < 1.29 is 0 Å². The molecule has 0 saturated heterocycles. The molecule has 5 heteroatoms. The first kappa shape index (κ1) is 17.7. The molecule has 126 valence electrons. The summed E-state index contributed by atoms with van der Waals surface area (Å²) in [6.45, 7) is 7.82. The first-order chi connectivity index (χ1) is 11.7. The Morgan fingerprint density at radius 2 is 1.75 bits per heavy atom. The number of rotatable bonds is 8. The van der Waals surface area contributed by atoms with E-state index in [1.807, 2.05) is 13.8 Å². The van der Waals surface area contributed by atoms with Crippen LogP contribution in [0.5, 0.6) is 0 Å². The Morgan fingerprint density at radius 3 is 2.33 bits per heavy atom. The number of nitriles is 1. The molecule has 0 radical (unpaired) electrons. The molecule has 2 aromatic rings. The summed E-state index contributed by atoms with van der Waals surface area (Å²) in [6, 6.07) is 10.6. The SMILES string of the molecule is CCCNc1ccc(CNc2nnc(CC)c(CC)c2C#N)cc1. The molecule has 2 N–H and O–H groups in total. The van der Waals surface area contributed by atoms with E-state index in [0.717, 1.165) is 48.3 Å². The van der Waals surface area contributed by atoms with Crippen LogP contribution >= 0.6 is 0 Å². The largest absolute Gasteiger partial charge is 0.385 e. The van der Waals surface area contributed by atoms with Crippen molar-refractivity contribution in [1.82, 2.24) is 10.2 Å². The molecule has 1 aromatic heterocycles. The molecule has 0 aliphatic heterocycles. The van der Waals surface area contributed by atoms with Gasteiger partial charge >= 0.3 is 0 Å². The second-order valence-electron chi connectivity index (χ2n) is 5.65. The first-order valence-electron chi connectivity index (χ1n) is 8.58. The monoisotopic (exact) mass is 323 g/mol. The van der Waals surface area contributed by atoms with Gasteiger partial charge in [-0.05, 0) is 42.5 Å². The fourth-order valence-corrected chi connectivity index (χ4v) is 2.61. The van der Waals surface area contributed by atoms with Gasteiger partial charge < -0.3 is 10.6 Å². The maximum atomic E-state index is 9.50. The highest BCUT2D eigenvalue weighted by atomic mass is 15.2. The van der Waals surface area contributed by atoms with E-state index in [0.29, 0.717) is 17.9 Å². The summed E-state index contributed by atoms with van der Waals surface area (Å²) >= 11 is 0. The predicted molar refractivity (Wildman–Crippen MR) is 98.1 cm³/mol. The highest BCUT2D eigenvalue weighted by Gasteiger charge is 2.13. The van der Waals surface area contributed by atoms with Crippen molar-refractivity contribution in [2.75, 3.05) is 17.2 Å². The normalized spacial score (nSPS) is 10.2. The van der Waals surface area contributed by atoms with Gasteiger partial charge in [0, 0.05) is 18.8 Å². The highest BCUT2D eigenvalue weighted by Crippen LogP contribution is 2.20. The summed E-state index contributed by atoms with van der Waals surface area (Å²) in [5.74, 6) is 0.569. The summed E-state index contributed by atoms with van der Waals surface area (Å²) in [5, 5.41) is 24.6. The molecule has 0 aliphatic rings. The average molecular weight is 323 g/mol. The summed E-state index contributed by atoms with van der Waals surface area (Å²) < 4.78 is 0. The van der Waals surface area contributed by atoms with Crippen molar-refractivity contribution >= 4 is 11.5 Å². The summed E-state index contributed by atoms with van der Waals surface area (Å²) in [6.07, 6.45) is 2.68. The van der Waals surface area contributed by atoms with Crippen molar-refractivity contribution in [2.45, 2.75) is 46.6 Å². The van der Waals surface area contributed by atoms with Gasteiger partial charge in [-0.1, -0.05) is 32.9 Å². The lowest BCUT2D eigenvalue weighted by atomic mass is 10.0. The lowest BCUT2D eigenvalue weighted by molar-refractivity contribution is 0.869. The van der Waals surface area contributed by atoms with Gasteiger partial charge in [0.1, 0.15) is 11.6 Å². The zero-order chi connectivity index (χ0) is 17.4. The summed E-state index contributed by atoms with van der Waals surface area (Å²) in [4.78, 5) is 0. The van der Waals surface area contributed by atoms with Gasteiger partial charge in [0.2, 0.25) is 0 Å². The molecular weight excluding hydrogens is 298 g/mol. The molecule has 0 atom stereocenters. The van der Waals surface area contributed by atoms with Gasteiger partial charge in [0.25, 0.3) is 0 Å². The van der Waals surface area contributed by atoms with Crippen molar-refractivity contribution in [3.8, 4) is 6.07 Å². The van der Waals surface area contributed by atoms with Crippen LogP contribution in [0.1, 0.15) is 49.6 Å². The maximum Gasteiger partial charge on any atom is 0.167 e. The third-order valence-corrected chi connectivity index (χ3v) is 3.95. The number of hydrogen-bond donors (Lipinski definition) is 2. The topological polar surface area (TPSA) is 73.6 Å². The van der Waals surface area contributed by atoms with Crippen LogP contribution in [0, 0.1) is 11.3 Å². The number of hydrogen-bond acceptors (Lipinski definition) is 5. The van der Waals surface area contributed by atoms with Crippen molar-refractivity contribution in [3.05, 3.63) is 46.6 Å². The molecule has 0 bridgehead atoms. The van der Waals surface area contributed by atoms with E-state index >= 15 is 0 Å². The molecule has 0 amide bonds. The van der Waals surface area contributed by atoms with Crippen molar-refractivity contribution in [3.63, 3.8) is 0 Å². The second-order valence-corrected chi connectivity index (χ2v) is 5.65. The number of anilines is 2. The van der Waals surface area contributed by atoms with E-state index in [1.165, 1.54) is 0 Å². The van der Waals surface area contributed by atoms with E-state index in [4.69, 9.17) is 0 Å².